The second-order valence-electron chi connectivity index (χ2n) is 10.3. The van der Waals surface area contributed by atoms with Gasteiger partial charge < -0.3 is 29.7 Å². The van der Waals surface area contributed by atoms with Crippen LogP contribution in [-0.2, 0) is 14.3 Å². The molecule has 0 bridgehead atoms. The Kier molecular flexibility index (Phi) is 12.3. The third-order valence-corrected chi connectivity index (χ3v) is 7.53. The Hall–Kier alpha value is -3.96. The number of nitrogens with zero attached hydrogens (tertiary/aromatic N) is 3. The summed E-state index contributed by atoms with van der Waals surface area (Å²) in [6, 6.07) is 19.8. The topological polar surface area (TPSA) is 124 Å². The molecule has 2 atom stereocenters. The van der Waals surface area contributed by atoms with Crippen molar-refractivity contribution in [3.63, 3.8) is 0 Å². The molecule has 0 aromatic heterocycles. The van der Waals surface area contributed by atoms with Gasteiger partial charge in [-0.3, -0.25) is 9.59 Å². The molecule has 4 rings (SSSR count). The molecule has 2 unspecified atom stereocenters. The Labute approximate surface area is 272 Å². The number of hydrogen-bond donors (Lipinski definition) is 1. The maximum absolute atomic E-state index is 13.5. The van der Waals surface area contributed by atoms with E-state index in [1.54, 1.807) is 61.3 Å². The smallest absolute Gasteiger partial charge is 0.344 e. The average Bonchev–Trinajstić information content (AvgIpc) is 3.02. The highest BCUT2D eigenvalue weighted by Crippen LogP contribution is 2.37. The minimum Gasteiger partial charge on any atom is -0.465 e. The van der Waals surface area contributed by atoms with E-state index in [1.165, 1.54) is 4.90 Å². The number of benzene rings is 3. The first-order valence-corrected chi connectivity index (χ1v) is 15.3. The number of carbonyl (C=O) groups is 3. The molecule has 45 heavy (non-hydrogen) atoms. The van der Waals surface area contributed by atoms with E-state index in [1.807, 2.05) is 30.3 Å². The van der Waals surface area contributed by atoms with Crippen LogP contribution in [0.1, 0.15) is 35.3 Å². The highest BCUT2D eigenvalue weighted by atomic mass is 35.5. The lowest BCUT2D eigenvalue weighted by Gasteiger charge is -2.39. The highest BCUT2D eigenvalue weighted by molar-refractivity contribution is 6.34. The van der Waals surface area contributed by atoms with Crippen molar-refractivity contribution in [3.8, 4) is 11.5 Å². The van der Waals surface area contributed by atoms with Crippen molar-refractivity contribution in [3.05, 3.63) is 94.0 Å². The van der Waals surface area contributed by atoms with Crippen molar-refractivity contribution in [1.29, 1.82) is 0 Å². The number of hydrogen-bond acceptors (Lipinski definition) is 7. The van der Waals surface area contributed by atoms with Gasteiger partial charge in [0.15, 0.2) is 0 Å². The average molecular weight is 656 g/mol. The number of esters is 1. The van der Waals surface area contributed by atoms with E-state index in [2.05, 4.69) is 4.99 Å². The molecule has 1 aliphatic heterocycles. The molecule has 2 N–H and O–H groups in total. The first-order chi connectivity index (χ1) is 21.7. The fraction of sp³-hybridized carbons (Fsp3) is 0.333. The van der Waals surface area contributed by atoms with Crippen LogP contribution in [0.2, 0.25) is 10.0 Å². The molecular weight excluding hydrogens is 619 g/mol. The molecule has 3 aromatic rings. The molecule has 0 saturated carbocycles. The van der Waals surface area contributed by atoms with Crippen LogP contribution in [0.5, 0.6) is 11.5 Å². The van der Waals surface area contributed by atoms with Crippen LogP contribution < -0.4 is 10.5 Å². The van der Waals surface area contributed by atoms with Gasteiger partial charge in [-0.25, -0.2) is 4.79 Å². The minimum atomic E-state index is -0.967. The van der Waals surface area contributed by atoms with Gasteiger partial charge in [-0.1, -0.05) is 41.4 Å². The third kappa shape index (κ3) is 9.04. The Balaban J connectivity index is 1.50. The van der Waals surface area contributed by atoms with E-state index >= 15 is 0 Å². The second kappa shape index (κ2) is 16.4. The van der Waals surface area contributed by atoms with Crippen molar-refractivity contribution in [2.45, 2.75) is 19.4 Å². The van der Waals surface area contributed by atoms with Crippen LogP contribution in [0, 0.1) is 5.92 Å². The number of aliphatic imine (C=N–C) groups is 1. The molecule has 1 heterocycles. The van der Waals surface area contributed by atoms with Gasteiger partial charge in [-0.2, -0.15) is 4.99 Å². The van der Waals surface area contributed by atoms with Gasteiger partial charge in [0.25, 0.3) is 5.91 Å². The molecule has 3 amide bonds. The van der Waals surface area contributed by atoms with Crippen molar-refractivity contribution in [1.82, 2.24) is 9.80 Å². The van der Waals surface area contributed by atoms with Crippen LogP contribution >= 0.6 is 23.2 Å². The molecule has 12 heteroatoms. The summed E-state index contributed by atoms with van der Waals surface area (Å²) in [6.07, 6.45) is 0.401. The number of amides is 3. The molecule has 0 aliphatic carbocycles. The standard InChI is InChI=1S/C33H36Cl2N4O6/c1-3-44-32(41)29-28(21-43-17-14-36)37-33(42)39(30(29)23-18-24(34)20-25(35)19-23)16-7-15-38(2)31(40)22-10-12-27(13-11-22)45-26-8-5-4-6-9-26/h4-6,8-13,18-20,29-30H,3,7,14-17,21,36H2,1-2H3. The quantitative estimate of drug-likeness (QED) is 0.166. The first-order valence-electron chi connectivity index (χ1n) is 14.6. The highest BCUT2D eigenvalue weighted by Gasteiger charge is 2.44. The van der Waals surface area contributed by atoms with Crippen LogP contribution in [0.15, 0.2) is 77.8 Å². The molecule has 1 aliphatic rings. The largest absolute Gasteiger partial charge is 0.465 e. The number of rotatable bonds is 14. The molecule has 0 fully saturated rings. The minimum absolute atomic E-state index is 0.0719. The van der Waals surface area contributed by atoms with Gasteiger partial charge in [0, 0.05) is 42.3 Å². The van der Waals surface area contributed by atoms with Gasteiger partial charge in [0.1, 0.15) is 17.4 Å². The SMILES string of the molecule is CCOC(=O)C1C(COCCN)=NC(=O)N(CCCN(C)C(=O)c2ccc(Oc3ccccc3)cc2)C1c1cc(Cl)cc(Cl)c1. The van der Waals surface area contributed by atoms with Crippen molar-refractivity contribution >= 4 is 46.8 Å². The Bertz CT molecular complexity index is 1480. The summed E-state index contributed by atoms with van der Waals surface area (Å²) in [5.41, 5.74) is 6.84. The third-order valence-electron chi connectivity index (χ3n) is 7.09. The maximum Gasteiger partial charge on any atom is 0.344 e. The molecule has 0 spiro atoms. The predicted molar refractivity (Wildman–Crippen MR) is 173 cm³/mol. The zero-order chi connectivity index (χ0) is 32.3. The van der Waals surface area contributed by atoms with Gasteiger partial charge in [-0.15, -0.1) is 0 Å². The van der Waals surface area contributed by atoms with Crippen molar-refractivity contribution in [2.75, 3.05) is 46.5 Å². The van der Waals surface area contributed by atoms with Crippen LogP contribution in [0.3, 0.4) is 0 Å². The monoisotopic (exact) mass is 654 g/mol. The van der Waals surface area contributed by atoms with Gasteiger partial charge in [0.05, 0.1) is 31.6 Å². The Morgan fingerprint density at radius 1 is 1.00 bits per heavy atom. The van der Waals surface area contributed by atoms with Gasteiger partial charge in [-0.05, 0) is 73.5 Å². The molecule has 0 radical (unpaired) electrons. The van der Waals surface area contributed by atoms with E-state index in [4.69, 9.17) is 43.1 Å². The number of urea groups is 1. The summed E-state index contributed by atoms with van der Waals surface area (Å²) in [7, 11) is 1.69. The number of halogens is 2. The predicted octanol–water partition coefficient (Wildman–Crippen LogP) is 6.02. The number of nitrogens with two attached hydrogens (primary N) is 1. The van der Waals surface area contributed by atoms with E-state index in [-0.39, 0.29) is 44.5 Å². The Morgan fingerprint density at radius 2 is 1.67 bits per heavy atom. The Morgan fingerprint density at radius 3 is 2.31 bits per heavy atom. The van der Waals surface area contributed by atoms with Crippen molar-refractivity contribution < 1.29 is 28.6 Å². The molecular formula is C33H36Cl2N4O6. The maximum atomic E-state index is 13.5. The summed E-state index contributed by atoms with van der Waals surface area (Å²) < 4.78 is 16.8. The zero-order valence-electron chi connectivity index (χ0n) is 25.2. The van der Waals surface area contributed by atoms with E-state index in [9.17, 15) is 14.4 Å². The van der Waals surface area contributed by atoms with Crippen LogP contribution in [0.25, 0.3) is 0 Å². The lowest BCUT2D eigenvalue weighted by atomic mass is 9.86. The van der Waals surface area contributed by atoms with Gasteiger partial charge in [0.2, 0.25) is 0 Å². The zero-order valence-corrected chi connectivity index (χ0v) is 26.7. The summed E-state index contributed by atoms with van der Waals surface area (Å²) in [6.45, 7) is 2.77. The van der Waals surface area contributed by atoms with Gasteiger partial charge >= 0.3 is 12.0 Å². The fourth-order valence-corrected chi connectivity index (χ4v) is 5.60. The lowest BCUT2D eigenvalue weighted by molar-refractivity contribution is -0.147. The fourth-order valence-electron chi connectivity index (χ4n) is 5.06. The summed E-state index contributed by atoms with van der Waals surface area (Å²) in [4.78, 5) is 47.3. The lowest BCUT2D eigenvalue weighted by Crippen LogP contribution is -2.49. The summed E-state index contributed by atoms with van der Waals surface area (Å²) >= 11 is 12.7. The number of para-hydroxylation sites is 1. The van der Waals surface area contributed by atoms with Crippen molar-refractivity contribution in [2.24, 2.45) is 16.6 Å². The molecule has 10 nitrogen and oxygen atoms in total. The van der Waals surface area contributed by atoms with Crippen LogP contribution in [-0.4, -0.2) is 79.9 Å². The summed E-state index contributed by atoms with van der Waals surface area (Å²) in [5.74, 6) is -0.403. The molecule has 238 valence electrons. The number of carbonyl (C=O) groups excluding carboxylic acids is 3. The van der Waals surface area contributed by atoms with E-state index in [0.717, 1.165) is 0 Å². The summed E-state index contributed by atoms with van der Waals surface area (Å²) in [5, 5.41) is 0.697. The van der Waals surface area contributed by atoms with E-state index in [0.29, 0.717) is 45.6 Å². The molecule has 3 aromatic carbocycles. The normalized spacial score (nSPS) is 16.2. The number of ether oxygens (including phenoxy) is 3. The second-order valence-corrected chi connectivity index (χ2v) is 11.2. The molecule has 0 saturated heterocycles. The van der Waals surface area contributed by atoms with Crippen LogP contribution in [0.4, 0.5) is 4.79 Å². The first kappa shape index (κ1) is 33.9. The van der Waals surface area contributed by atoms with E-state index < -0.39 is 24.0 Å².